The van der Waals surface area contributed by atoms with Gasteiger partial charge in [-0.25, -0.2) is 0 Å². The second kappa shape index (κ2) is 4.36. The fourth-order valence-corrected chi connectivity index (χ4v) is 2.33. The molecule has 92 valence electrons. The molecule has 2 N–H and O–H groups in total. The first-order valence-electron chi connectivity index (χ1n) is 6.67. The van der Waals surface area contributed by atoms with Gasteiger partial charge < -0.3 is 10.6 Å². The van der Waals surface area contributed by atoms with Crippen molar-refractivity contribution >= 4 is 5.91 Å². The molecule has 1 atom stereocenters. The van der Waals surface area contributed by atoms with Gasteiger partial charge in [0.2, 0.25) is 5.91 Å². The summed E-state index contributed by atoms with van der Waals surface area (Å²) in [6.45, 7) is 4.99. The van der Waals surface area contributed by atoms with Crippen LogP contribution in [0.2, 0.25) is 0 Å². The molecule has 1 amide bonds. The summed E-state index contributed by atoms with van der Waals surface area (Å²) in [6, 6.07) is 0.501. The smallest absolute Gasteiger partial charge is 0.242 e. The quantitative estimate of drug-likeness (QED) is 0.749. The zero-order chi connectivity index (χ0) is 11.8. The lowest BCUT2D eigenvalue weighted by atomic mass is 9.95. The lowest BCUT2D eigenvalue weighted by molar-refractivity contribution is -0.137. The molecule has 0 radical (unpaired) electrons. The first-order valence-corrected chi connectivity index (χ1v) is 6.67. The standard InChI is InChI=1S/C13H24N2O/c1-3-4-9-15(11-7-8-11)12(16)13(2,14)10-5-6-10/h10-11H,3-9,14H2,1-2H3. The van der Waals surface area contributed by atoms with Crippen LogP contribution < -0.4 is 5.73 Å². The first kappa shape index (κ1) is 11.9. The van der Waals surface area contributed by atoms with Crippen LogP contribution in [0, 0.1) is 5.92 Å². The molecule has 2 fully saturated rings. The van der Waals surface area contributed by atoms with Gasteiger partial charge in [0, 0.05) is 12.6 Å². The highest BCUT2D eigenvalue weighted by molar-refractivity contribution is 5.87. The van der Waals surface area contributed by atoms with E-state index in [0.29, 0.717) is 12.0 Å². The van der Waals surface area contributed by atoms with Gasteiger partial charge in [-0.05, 0) is 44.9 Å². The van der Waals surface area contributed by atoms with E-state index in [9.17, 15) is 4.79 Å². The van der Waals surface area contributed by atoms with Gasteiger partial charge in [0.1, 0.15) is 0 Å². The normalized spacial score (nSPS) is 23.9. The van der Waals surface area contributed by atoms with Crippen molar-refractivity contribution in [1.82, 2.24) is 4.90 Å². The summed E-state index contributed by atoms with van der Waals surface area (Å²) >= 11 is 0. The molecular weight excluding hydrogens is 200 g/mol. The Kier molecular flexibility index (Phi) is 3.24. The highest BCUT2D eigenvalue weighted by atomic mass is 16.2. The molecule has 0 bridgehead atoms. The van der Waals surface area contributed by atoms with Crippen molar-refractivity contribution in [2.24, 2.45) is 11.7 Å². The van der Waals surface area contributed by atoms with E-state index < -0.39 is 5.54 Å². The predicted molar refractivity (Wildman–Crippen MR) is 65.0 cm³/mol. The molecule has 0 aromatic heterocycles. The van der Waals surface area contributed by atoms with Gasteiger partial charge in [0.25, 0.3) is 0 Å². The van der Waals surface area contributed by atoms with Gasteiger partial charge in [-0.3, -0.25) is 4.79 Å². The first-order chi connectivity index (χ1) is 7.57. The summed E-state index contributed by atoms with van der Waals surface area (Å²) in [5.74, 6) is 0.633. The Labute approximate surface area is 98.4 Å². The second-order valence-corrected chi connectivity index (χ2v) is 5.64. The van der Waals surface area contributed by atoms with Gasteiger partial charge in [-0.15, -0.1) is 0 Å². The molecule has 1 unspecified atom stereocenters. The molecular formula is C13H24N2O. The van der Waals surface area contributed by atoms with E-state index >= 15 is 0 Å². The summed E-state index contributed by atoms with van der Waals surface area (Å²) in [5.41, 5.74) is 5.61. The van der Waals surface area contributed by atoms with Crippen LogP contribution in [0.3, 0.4) is 0 Å². The highest BCUT2D eigenvalue weighted by Gasteiger charge is 2.48. The van der Waals surface area contributed by atoms with Crippen LogP contribution in [-0.2, 0) is 4.79 Å². The number of carbonyl (C=O) groups excluding carboxylic acids is 1. The van der Waals surface area contributed by atoms with Crippen LogP contribution in [0.4, 0.5) is 0 Å². The minimum absolute atomic E-state index is 0.200. The molecule has 0 aromatic carbocycles. The Balaban J connectivity index is 1.98. The molecule has 0 saturated heterocycles. The van der Waals surface area contributed by atoms with Gasteiger partial charge in [-0.1, -0.05) is 13.3 Å². The number of nitrogens with zero attached hydrogens (tertiary/aromatic N) is 1. The minimum Gasteiger partial charge on any atom is -0.338 e. The third-order valence-corrected chi connectivity index (χ3v) is 3.89. The SMILES string of the molecule is CCCCN(C(=O)C(C)(N)C1CC1)C1CC1. The van der Waals surface area contributed by atoms with Crippen molar-refractivity contribution in [2.45, 2.75) is 64.0 Å². The molecule has 3 heteroatoms. The van der Waals surface area contributed by atoms with E-state index in [2.05, 4.69) is 11.8 Å². The van der Waals surface area contributed by atoms with E-state index in [1.165, 1.54) is 12.8 Å². The maximum atomic E-state index is 12.4. The molecule has 0 spiro atoms. The number of nitrogens with two attached hydrogens (primary N) is 1. The number of hydrogen-bond donors (Lipinski definition) is 1. The fraction of sp³-hybridized carbons (Fsp3) is 0.923. The number of amides is 1. The van der Waals surface area contributed by atoms with Crippen molar-refractivity contribution in [3.05, 3.63) is 0 Å². The van der Waals surface area contributed by atoms with Crippen LogP contribution in [0.25, 0.3) is 0 Å². The zero-order valence-electron chi connectivity index (χ0n) is 10.5. The Morgan fingerprint density at radius 2 is 2.00 bits per heavy atom. The summed E-state index contributed by atoms with van der Waals surface area (Å²) < 4.78 is 0. The Bertz CT molecular complexity index is 267. The molecule has 2 aliphatic rings. The van der Waals surface area contributed by atoms with Crippen LogP contribution >= 0.6 is 0 Å². The summed E-state index contributed by atoms with van der Waals surface area (Å²) in [4.78, 5) is 14.5. The predicted octanol–water partition coefficient (Wildman–Crippen LogP) is 1.90. The van der Waals surface area contributed by atoms with Gasteiger partial charge in [0.15, 0.2) is 0 Å². The van der Waals surface area contributed by atoms with Crippen LogP contribution in [-0.4, -0.2) is 28.9 Å². The fourth-order valence-electron chi connectivity index (χ4n) is 2.33. The van der Waals surface area contributed by atoms with Gasteiger partial charge in [0.05, 0.1) is 5.54 Å². The van der Waals surface area contributed by atoms with Crippen molar-refractivity contribution in [2.75, 3.05) is 6.54 Å². The van der Waals surface area contributed by atoms with Crippen LogP contribution in [0.5, 0.6) is 0 Å². The topological polar surface area (TPSA) is 46.3 Å². The van der Waals surface area contributed by atoms with Gasteiger partial charge >= 0.3 is 0 Å². The third-order valence-electron chi connectivity index (χ3n) is 3.89. The average molecular weight is 224 g/mol. The number of hydrogen-bond acceptors (Lipinski definition) is 2. The van der Waals surface area contributed by atoms with Crippen LogP contribution in [0.1, 0.15) is 52.4 Å². The molecule has 2 saturated carbocycles. The van der Waals surface area contributed by atoms with E-state index in [0.717, 1.165) is 32.2 Å². The maximum absolute atomic E-state index is 12.4. The minimum atomic E-state index is -0.601. The molecule has 0 heterocycles. The molecule has 3 nitrogen and oxygen atoms in total. The van der Waals surface area contributed by atoms with Gasteiger partial charge in [-0.2, -0.15) is 0 Å². The molecule has 2 aliphatic carbocycles. The Hall–Kier alpha value is -0.570. The number of unbranched alkanes of at least 4 members (excludes halogenated alkanes) is 1. The molecule has 0 aliphatic heterocycles. The Morgan fingerprint density at radius 3 is 2.44 bits per heavy atom. The summed E-state index contributed by atoms with van der Waals surface area (Å²) in [6.07, 6.45) is 6.85. The molecule has 16 heavy (non-hydrogen) atoms. The summed E-state index contributed by atoms with van der Waals surface area (Å²) in [7, 11) is 0. The largest absolute Gasteiger partial charge is 0.338 e. The summed E-state index contributed by atoms with van der Waals surface area (Å²) in [5, 5.41) is 0. The number of rotatable bonds is 6. The van der Waals surface area contributed by atoms with E-state index in [-0.39, 0.29) is 5.91 Å². The van der Waals surface area contributed by atoms with E-state index in [1.807, 2.05) is 6.92 Å². The van der Waals surface area contributed by atoms with E-state index in [1.54, 1.807) is 0 Å². The highest BCUT2D eigenvalue weighted by Crippen LogP contribution is 2.40. The lowest BCUT2D eigenvalue weighted by Crippen LogP contribution is -2.55. The second-order valence-electron chi connectivity index (χ2n) is 5.64. The maximum Gasteiger partial charge on any atom is 0.242 e. The molecule has 0 aromatic rings. The third kappa shape index (κ3) is 2.40. The average Bonchev–Trinajstić information content (AvgIpc) is 3.07. The van der Waals surface area contributed by atoms with Crippen molar-refractivity contribution in [3.63, 3.8) is 0 Å². The number of carbonyl (C=O) groups is 1. The van der Waals surface area contributed by atoms with Crippen molar-refractivity contribution in [3.8, 4) is 0 Å². The van der Waals surface area contributed by atoms with E-state index in [4.69, 9.17) is 5.73 Å². The monoisotopic (exact) mass is 224 g/mol. The lowest BCUT2D eigenvalue weighted by Gasteiger charge is -2.32. The van der Waals surface area contributed by atoms with Crippen LogP contribution in [0.15, 0.2) is 0 Å². The zero-order valence-corrected chi connectivity index (χ0v) is 10.5. The van der Waals surface area contributed by atoms with Crippen molar-refractivity contribution < 1.29 is 4.79 Å². The Morgan fingerprint density at radius 1 is 1.38 bits per heavy atom. The molecule has 2 rings (SSSR count). The van der Waals surface area contributed by atoms with Crippen molar-refractivity contribution in [1.29, 1.82) is 0 Å².